The largest absolute Gasteiger partial charge is 0.394 e. The van der Waals surface area contributed by atoms with Crippen LogP contribution in [0.1, 0.15) is 0 Å². The van der Waals surface area contributed by atoms with Gasteiger partial charge in [0.2, 0.25) is 0 Å². The van der Waals surface area contributed by atoms with Crippen LogP contribution in [0.5, 0.6) is 0 Å². The molecule has 0 aromatic rings. The highest BCUT2D eigenvalue weighted by Crippen LogP contribution is 2.20. The van der Waals surface area contributed by atoms with Gasteiger partial charge in [-0.15, -0.1) is 0 Å². The Morgan fingerprint density at radius 1 is 1.20 bits per heavy atom. The quantitative estimate of drug-likeness (QED) is 0.359. The van der Waals surface area contributed by atoms with Crippen molar-refractivity contribution in [2.45, 2.75) is 30.6 Å². The van der Waals surface area contributed by atoms with E-state index in [2.05, 4.69) is 5.32 Å². The number of hydrogen-bond donors (Lipinski definition) is 5. The average Bonchev–Trinajstić information content (AvgIpc) is 2.48. The summed E-state index contributed by atoms with van der Waals surface area (Å²) >= 11 is 7.11. The van der Waals surface area contributed by atoms with E-state index >= 15 is 0 Å². The highest BCUT2D eigenvalue weighted by atomic mass is 32.2. The fourth-order valence-corrected chi connectivity index (χ4v) is 3.40. The number of aliphatic hydroxyl groups excluding tert-OH is 4. The first-order valence-electron chi connectivity index (χ1n) is 6.48. The monoisotopic (exact) mass is 324 g/mol. The number of nitrogens with one attached hydrogen (secondary N) is 1. The van der Waals surface area contributed by atoms with Crippen molar-refractivity contribution in [2.24, 2.45) is 0 Å². The summed E-state index contributed by atoms with van der Waals surface area (Å²) in [5.74, 6) is 1.97. The second-order valence-corrected chi connectivity index (χ2v) is 6.41. The van der Waals surface area contributed by atoms with Gasteiger partial charge in [-0.1, -0.05) is 0 Å². The topological polar surface area (TPSA) is 105 Å². The van der Waals surface area contributed by atoms with Gasteiger partial charge in [-0.25, -0.2) is 0 Å². The lowest BCUT2D eigenvalue weighted by molar-refractivity contribution is -0.232. The minimum Gasteiger partial charge on any atom is -0.394 e. The number of rotatable bonds is 2. The standard InChI is InChI=1S/C11H20N2O5S2/c14-5-6-7(15)8(16)9(17)10(18-6)12-11(19)13-1-3-20-4-2-13/h6-10,14-17H,1-5H2,(H,12,19)/t6-,7-,8+,9-,10-/m1/s1. The molecule has 0 aromatic heterocycles. The van der Waals surface area contributed by atoms with E-state index in [0.29, 0.717) is 5.11 Å². The van der Waals surface area contributed by atoms with Crippen molar-refractivity contribution >= 4 is 29.1 Å². The molecule has 0 radical (unpaired) electrons. The zero-order valence-electron chi connectivity index (χ0n) is 10.9. The van der Waals surface area contributed by atoms with Gasteiger partial charge in [0, 0.05) is 24.6 Å². The van der Waals surface area contributed by atoms with Gasteiger partial charge in [0.1, 0.15) is 24.4 Å². The summed E-state index contributed by atoms with van der Waals surface area (Å²) in [5, 5.41) is 41.7. The van der Waals surface area contributed by atoms with Crippen LogP contribution in [0, 0.1) is 0 Å². The number of ether oxygens (including phenoxy) is 1. The summed E-state index contributed by atoms with van der Waals surface area (Å²) in [5.41, 5.74) is 0. The first-order chi connectivity index (χ1) is 9.54. The third-order valence-electron chi connectivity index (χ3n) is 3.46. The average molecular weight is 324 g/mol. The van der Waals surface area contributed by atoms with Crippen LogP contribution in [-0.2, 0) is 4.74 Å². The predicted molar refractivity (Wildman–Crippen MR) is 78.4 cm³/mol. The maximum Gasteiger partial charge on any atom is 0.171 e. The molecule has 0 saturated carbocycles. The molecule has 0 amide bonds. The van der Waals surface area contributed by atoms with Crippen LogP contribution in [0.25, 0.3) is 0 Å². The molecular formula is C11H20N2O5S2. The summed E-state index contributed by atoms with van der Waals surface area (Å²) in [6, 6.07) is 0. The number of aliphatic hydroxyl groups is 4. The second-order valence-electron chi connectivity index (χ2n) is 4.80. The molecule has 7 nitrogen and oxygen atoms in total. The Bertz CT molecular complexity index is 341. The van der Waals surface area contributed by atoms with Crippen molar-refractivity contribution < 1.29 is 25.2 Å². The highest BCUT2D eigenvalue weighted by molar-refractivity contribution is 7.99. The SMILES string of the molecule is OC[C@H]1O[C@@H](NC(=S)N2CCSCC2)[C@H](O)[C@@H](O)[C@@H]1O. The zero-order valence-corrected chi connectivity index (χ0v) is 12.5. The van der Waals surface area contributed by atoms with Gasteiger partial charge in [0.15, 0.2) is 11.3 Å². The lowest BCUT2D eigenvalue weighted by atomic mass is 9.98. The molecule has 2 saturated heterocycles. The number of hydrogen-bond acceptors (Lipinski definition) is 7. The normalized spacial score (nSPS) is 38.6. The molecule has 5 N–H and O–H groups in total. The molecule has 2 aliphatic heterocycles. The Balaban J connectivity index is 1.94. The third-order valence-corrected chi connectivity index (χ3v) is 4.77. The van der Waals surface area contributed by atoms with Gasteiger partial charge < -0.3 is 35.4 Å². The summed E-state index contributed by atoms with van der Waals surface area (Å²) in [7, 11) is 0. The van der Waals surface area contributed by atoms with Crippen molar-refractivity contribution in [1.29, 1.82) is 0 Å². The van der Waals surface area contributed by atoms with Crippen LogP contribution in [0.3, 0.4) is 0 Å². The number of thiocarbonyl (C=S) groups is 1. The molecule has 0 aliphatic carbocycles. The Kier molecular flexibility index (Phi) is 5.84. The minimum atomic E-state index is -1.39. The van der Waals surface area contributed by atoms with Gasteiger partial charge >= 0.3 is 0 Å². The molecule has 2 rings (SSSR count). The molecule has 0 bridgehead atoms. The van der Waals surface area contributed by atoms with Crippen LogP contribution in [-0.4, -0.2) is 92.3 Å². The van der Waals surface area contributed by atoms with E-state index in [1.165, 1.54) is 0 Å². The lowest BCUT2D eigenvalue weighted by Crippen LogP contribution is -2.64. The number of nitrogens with zero attached hydrogens (tertiary/aromatic N) is 1. The molecule has 2 fully saturated rings. The fraction of sp³-hybridized carbons (Fsp3) is 0.909. The van der Waals surface area contributed by atoms with Crippen LogP contribution in [0.4, 0.5) is 0 Å². The fourth-order valence-electron chi connectivity index (χ4n) is 2.20. The second kappa shape index (κ2) is 7.21. The Hall–Kier alpha value is -0.160. The van der Waals surface area contributed by atoms with Gasteiger partial charge in [-0.05, 0) is 12.2 Å². The van der Waals surface area contributed by atoms with Crippen molar-refractivity contribution in [3.05, 3.63) is 0 Å². The molecule has 9 heteroatoms. The first-order valence-corrected chi connectivity index (χ1v) is 8.04. The summed E-state index contributed by atoms with van der Waals surface area (Å²) in [4.78, 5) is 1.97. The van der Waals surface area contributed by atoms with E-state index in [-0.39, 0.29) is 0 Å². The van der Waals surface area contributed by atoms with Crippen LogP contribution in [0.15, 0.2) is 0 Å². The molecular weight excluding hydrogens is 304 g/mol. The van der Waals surface area contributed by atoms with Crippen molar-refractivity contribution in [3.8, 4) is 0 Å². The molecule has 2 aliphatic rings. The van der Waals surface area contributed by atoms with E-state index in [1.54, 1.807) is 0 Å². The Morgan fingerprint density at radius 2 is 1.85 bits per heavy atom. The lowest BCUT2D eigenvalue weighted by Gasteiger charge is -2.41. The van der Waals surface area contributed by atoms with Gasteiger partial charge in [0.25, 0.3) is 0 Å². The molecule has 116 valence electrons. The molecule has 5 atom stereocenters. The van der Waals surface area contributed by atoms with Gasteiger partial charge in [-0.2, -0.15) is 11.8 Å². The van der Waals surface area contributed by atoms with E-state index in [9.17, 15) is 15.3 Å². The maximum atomic E-state index is 9.91. The smallest absolute Gasteiger partial charge is 0.171 e. The van der Waals surface area contributed by atoms with Crippen LogP contribution in [0.2, 0.25) is 0 Å². The summed E-state index contributed by atoms with van der Waals surface area (Å²) < 4.78 is 5.35. The van der Waals surface area contributed by atoms with E-state index < -0.39 is 37.3 Å². The molecule has 0 spiro atoms. The van der Waals surface area contributed by atoms with E-state index in [0.717, 1.165) is 24.6 Å². The van der Waals surface area contributed by atoms with Crippen molar-refractivity contribution in [2.75, 3.05) is 31.2 Å². The third kappa shape index (κ3) is 3.53. The van der Waals surface area contributed by atoms with E-state index in [4.69, 9.17) is 22.1 Å². The van der Waals surface area contributed by atoms with Gasteiger partial charge in [0.05, 0.1) is 6.61 Å². The van der Waals surface area contributed by atoms with Crippen molar-refractivity contribution in [1.82, 2.24) is 10.2 Å². The predicted octanol–water partition coefficient (Wildman–Crippen LogP) is -2.29. The van der Waals surface area contributed by atoms with Crippen LogP contribution >= 0.6 is 24.0 Å². The number of thioether (sulfide) groups is 1. The summed E-state index contributed by atoms with van der Waals surface area (Å²) in [6.45, 7) is 1.18. The maximum absolute atomic E-state index is 9.91. The molecule has 2 heterocycles. The minimum absolute atomic E-state index is 0.439. The van der Waals surface area contributed by atoms with Crippen LogP contribution < -0.4 is 5.32 Å². The highest BCUT2D eigenvalue weighted by Gasteiger charge is 2.43. The Morgan fingerprint density at radius 3 is 2.45 bits per heavy atom. The molecule has 20 heavy (non-hydrogen) atoms. The zero-order chi connectivity index (χ0) is 14.7. The molecule has 0 unspecified atom stereocenters. The summed E-state index contributed by atoms with van der Waals surface area (Å²) in [6.07, 6.45) is -5.94. The first kappa shape index (κ1) is 16.2. The van der Waals surface area contributed by atoms with Crippen molar-refractivity contribution in [3.63, 3.8) is 0 Å². The molecule has 0 aromatic carbocycles. The van der Waals surface area contributed by atoms with Gasteiger partial charge in [-0.3, -0.25) is 0 Å². The Labute approximate surface area is 126 Å². The van der Waals surface area contributed by atoms with E-state index in [1.807, 2.05) is 16.7 Å².